The highest BCUT2D eigenvalue weighted by Crippen LogP contribution is 2.31. The van der Waals surface area contributed by atoms with E-state index in [9.17, 15) is 8.42 Å². The molecule has 1 aromatic heterocycles. The molecule has 1 N–H and O–H groups in total. The van der Waals surface area contributed by atoms with Crippen LogP contribution in [0.25, 0.3) is 0 Å². The summed E-state index contributed by atoms with van der Waals surface area (Å²) < 4.78 is 28.1. The fraction of sp³-hybridized carbons (Fsp3) is 0.600. The summed E-state index contributed by atoms with van der Waals surface area (Å²) >= 11 is 6.33. The van der Waals surface area contributed by atoms with Gasteiger partial charge in [-0.2, -0.15) is 11.8 Å². The summed E-state index contributed by atoms with van der Waals surface area (Å²) in [7, 11) is -3.35. The molecule has 0 amide bonds. The highest BCUT2D eigenvalue weighted by molar-refractivity contribution is 9.10. The molecule has 2 unspecified atom stereocenters. The molecule has 17 heavy (non-hydrogen) atoms. The Kier molecular flexibility index (Phi) is 4.57. The molecule has 0 bridgehead atoms. The van der Waals surface area contributed by atoms with E-state index in [1.807, 2.05) is 11.8 Å². The van der Waals surface area contributed by atoms with Crippen LogP contribution in [-0.4, -0.2) is 26.0 Å². The lowest BCUT2D eigenvalue weighted by Crippen LogP contribution is -2.32. The minimum Gasteiger partial charge on any atom is -0.207 e. The predicted octanol–water partition coefficient (Wildman–Crippen LogP) is 3.07. The van der Waals surface area contributed by atoms with Gasteiger partial charge in [0.2, 0.25) is 0 Å². The van der Waals surface area contributed by atoms with Crippen LogP contribution in [0.2, 0.25) is 0 Å². The average Bonchev–Trinajstić information content (AvgIpc) is 2.86. The van der Waals surface area contributed by atoms with E-state index in [1.165, 1.54) is 11.3 Å². The van der Waals surface area contributed by atoms with Gasteiger partial charge in [-0.05, 0) is 52.9 Å². The van der Waals surface area contributed by atoms with Crippen molar-refractivity contribution in [3.8, 4) is 0 Å². The second-order valence-corrected chi connectivity index (χ2v) is 8.86. The van der Waals surface area contributed by atoms with Crippen molar-refractivity contribution in [1.82, 2.24) is 4.72 Å². The fourth-order valence-corrected chi connectivity index (χ4v) is 6.44. The van der Waals surface area contributed by atoms with E-state index < -0.39 is 10.0 Å². The van der Waals surface area contributed by atoms with Gasteiger partial charge < -0.3 is 0 Å². The topological polar surface area (TPSA) is 46.2 Å². The van der Waals surface area contributed by atoms with E-state index >= 15 is 0 Å². The number of hydrogen-bond donors (Lipinski definition) is 1. The van der Waals surface area contributed by atoms with E-state index in [-0.39, 0.29) is 6.04 Å². The Labute approximate surface area is 119 Å². The number of rotatable bonds is 4. The third kappa shape index (κ3) is 3.26. The third-order valence-corrected chi connectivity index (χ3v) is 8.15. The van der Waals surface area contributed by atoms with Gasteiger partial charge in [-0.1, -0.05) is 0 Å². The van der Waals surface area contributed by atoms with Crippen LogP contribution in [0.3, 0.4) is 0 Å². The van der Waals surface area contributed by atoms with Gasteiger partial charge in [0.1, 0.15) is 4.21 Å². The molecule has 96 valence electrons. The van der Waals surface area contributed by atoms with Crippen molar-refractivity contribution >= 4 is 49.1 Å². The molecule has 0 spiro atoms. The highest BCUT2D eigenvalue weighted by Gasteiger charge is 2.29. The quantitative estimate of drug-likeness (QED) is 0.902. The van der Waals surface area contributed by atoms with Crippen molar-refractivity contribution in [3.63, 3.8) is 0 Å². The molecule has 0 saturated heterocycles. The molecular formula is C10H14BrNO2S3. The molecule has 7 heteroatoms. The van der Waals surface area contributed by atoms with E-state index in [0.717, 1.165) is 19.3 Å². The first kappa shape index (κ1) is 13.9. The van der Waals surface area contributed by atoms with Gasteiger partial charge in [-0.3, -0.25) is 0 Å². The summed E-state index contributed by atoms with van der Waals surface area (Å²) in [5.41, 5.74) is 0. The summed E-state index contributed by atoms with van der Waals surface area (Å²) in [4.78, 5) is 0. The molecule has 1 fully saturated rings. The van der Waals surface area contributed by atoms with Crippen LogP contribution in [0.1, 0.15) is 19.3 Å². The minimum atomic E-state index is -3.35. The third-order valence-electron chi connectivity index (χ3n) is 2.87. The standard InChI is InChI=1S/C10H14BrNO2S3/c1-15-8-3-2-7(6-8)12-17(13,14)10-9(11)4-5-16-10/h4-5,7-8,12H,2-3,6H2,1H3. The zero-order valence-corrected chi connectivity index (χ0v) is 13.4. The SMILES string of the molecule is CSC1CCC(NS(=O)(=O)c2sccc2Br)C1. The van der Waals surface area contributed by atoms with Gasteiger partial charge in [0, 0.05) is 15.8 Å². The van der Waals surface area contributed by atoms with E-state index in [0.29, 0.717) is 13.9 Å². The molecular weight excluding hydrogens is 342 g/mol. The molecule has 2 rings (SSSR count). The maximum atomic E-state index is 12.1. The Hall–Kier alpha value is 0.440. The minimum absolute atomic E-state index is 0.0893. The van der Waals surface area contributed by atoms with Gasteiger partial charge >= 0.3 is 0 Å². The summed E-state index contributed by atoms with van der Waals surface area (Å²) in [6.45, 7) is 0. The van der Waals surface area contributed by atoms with Gasteiger partial charge in [-0.15, -0.1) is 11.3 Å². The van der Waals surface area contributed by atoms with Crippen molar-refractivity contribution in [2.75, 3.05) is 6.26 Å². The van der Waals surface area contributed by atoms with Crippen LogP contribution >= 0.6 is 39.0 Å². The molecule has 1 aliphatic carbocycles. The molecule has 0 aromatic carbocycles. The first-order chi connectivity index (χ1) is 8.03. The second kappa shape index (κ2) is 5.61. The maximum Gasteiger partial charge on any atom is 0.251 e. The predicted molar refractivity (Wildman–Crippen MR) is 77.3 cm³/mol. The van der Waals surface area contributed by atoms with Crippen molar-refractivity contribution in [3.05, 3.63) is 15.9 Å². The number of halogens is 1. The fourth-order valence-electron chi connectivity index (χ4n) is 2.01. The Morgan fingerprint density at radius 1 is 1.53 bits per heavy atom. The van der Waals surface area contributed by atoms with Gasteiger partial charge in [0.05, 0.1) is 0 Å². The van der Waals surface area contributed by atoms with E-state index in [2.05, 4.69) is 26.9 Å². The summed E-state index contributed by atoms with van der Waals surface area (Å²) in [6.07, 6.45) is 5.05. The number of nitrogens with one attached hydrogen (secondary N) is 1. The van der Waals surface area contributed by atoms with Crippen LogP contribution in [-0.2, 0) is 10.0 Å². The zero-order valence-electron chi connectivity index (χ0n) is 9.35. The lowest BCUT2D eigenvalue weighted by Gasteiger charge is -2.12. The van der Waals surface area contributed by atoms with E-state index in [4.69, 9.17) is 0 Å². The van der Waals surface area contributed by atoms with Crippen molar-refractivity contribution < 1.29 is 8.42 Å². The maximum absolute atomic E-state index is 12.1. The Morgan fingerprint density at radius 3 is 2.82 bits per heavy atom. The smallest absolute Gasteiger partial charge is 0.207 e. The largest absolute Gasteiger partial charge is 0.251 e. The van der Waals surface area contributed by atoms with Crippen LogP contribution in [0.4, 0.5) is 0 Å². The summed E-state index contributed by atoms with van der Waals surface area (Å²) in [6, 6.07) is 1.85. The number of hydrogen-bond acceptors (Lipinski definition) is 4. The summed E-state index contributed by atoms with van der Waals surface area (Å²) in [5.74, 6) is 0. The monoisotopic (exact) mass is 355 g/mol. The van der Waals surface area contributed by atoms with Crippen molar-refractivity contribution in [2.45, 2.75) is 34.8 Å². The summed E-state index contributed by atoms with van der Waals surface area (Å²) in [5, 5.41) is 2.37. The van der Waals surface area contributed by atoms with Crippen molar-refractivity contribution in [1.29, 1.82) is 0 Å². The number of sulfonamides is 1. The lowest BCUT2D eigenvalue weighted by molar-refractivity contribution is 0.554. The van der Waals surface area contributed by atoms with E-state index in [1.54, 1.807) is 11.4 Å². The van der Waals surface area contributed by atoms with Crippen LogP contribution in [0.5, 0.6) is 0 Å². The number of thiophene rings is 1. The molecule has 1 saturated carbocycles. The number of thioether (sulfide) groups is 1. The van der Waals surface area contributed by atoms with Gasteiger partial charge in [0.15, 0.2) is 0 Å². The Bertz CT molecular complexity index is 485. The highest BCUT2D eigenvalue weighted by atomic mass is 79.9. The first-order valence-corrected chi connectivity index (χ1v) is 9.75. The van der Waals surface area contributed by atoms with Gasteiger partial charge in [0.25, 0.3) is 10.0 Å². The lowest BCUT2D eigenvalue weighted by atomic mass is 10.3. The molecule has 0 aliphatic heterocycles. The average molecular weight is 356 g/mol. The molecule has 2 atom stereocenters. The Morgan fingerprint density at radius 2 is 2.29 bits per heavy atom. The van der Waals surface area contributed by atoms with Crippen molar-refractivity contribution in [2.24, 2.45) is 0 Å². The molecule has 1 aromatic rings. The molecule has 3 nitrogen and oxygen atoms in total. The normalized spacial score (nSPS) is 25.3. The Balaban J connectivity index is 2.07. The molecule has 0 radical (unpaired) electrons. The van der Waals surface area contributed by atoms with Crippen LogP contribution in [0.15, 0.2) is 20.1 Å². The van der Waals surface area contributed by atoms with Gasteiger partial charge in [-0.25, -0.2) is 13.1 Å². The van der Waals surface area contributed by atoms with Crippen LogP contribution < -0.4 is 4.72 Å². The second-order valence-electron chi connectivity index (χ2n) is 4.04. The first-order valence-electron chi connectivity index (χ1n) is 5.31. The molecule has 1 aliphatic rings. The molecule has 1 heterocycles. The van der Waals surface area contributed by atoms with Crippen LogP contribution in [0, 0.1) is 0 Å². The zero-order chi connectivity index (χ0) is 12.5.